The van der Waals surface area contributed by atoms with Crippen LogP contribution in [0, 0.1) is 0 Å². The summed E-state index contributed by atoms with van der Waals surface area (Å²) in [5.74, 6) is 3.76. The number of aromatic nitrogens is 1. The number of anilines is 3. The Hall–Kier alpha value is -9.90. The highest BCUT2D eigenvalue weighted by molar-refractivity contribution is 6.10. The summed E-state index contributed by atoms with van der Waals surface area (Å²) in [5.41, 5.74) is 22.6. The van der Waals surface area contributed by atoms with Crippen molar-refractivity contribution in [1.82, 2.24) is 4.57 Å². The molecule has 366 valence electrons. The summed E-state index contributed by atoms with van der Waals surface area (Å²) < 4.78 is 16.0. The molecular weight excluding hydrogens is 949 g/mol. The maximum Gasteiger partial charge on any atom is 0.132 e. The monoisotopic (exact) mass is 996 g/mol. The molecule has 0 N–H and O–H groups in total. The molecule has 0 saturated carbocycles. The summed E-state index contributed by atoms with van der Waals surface area (Å²) >= 11 is 0. The number of ether oxygens (including phenoxy) is 2. The van der Waals surface area contributed by atoms with E-state index in [1.807, 2.05) is 0 Å². The van der Waals surface area contributed by atoms with Gasteiger partial charge in [-0.05, 0) is 141 Å². The van der Waals surface area contributed by atoms with Crippen LogP contribution in [0.15, 0.2) is 278 Å². The summed E-state index contributed by atoms with van der Waals surface area (Å²) in [5, 5.41) is 2.49. The van der Waals surface area contributed by atoms with Gasteiger partial charge in [-0.1, -0.05) is 188 Å². The van der Waals surface area contributed by atoms with Crippen LogP contribution in [0.5, 0.6) is 17.2 Å². The highest BCUT2D eigenvalue weighted by Crippen LogP contribution is 2.64. The molecule has 0 saturated heterocycles. The van der Waals surface area contributed by atoms with E-state index in [-0.39, 0.29) is 0 Å². The van der Waals surface area contributed by atoms with Crippen LogP contribution in [0.1, 0.15) is 51.8 Å². The van der Waals surface area contributed by atoms with E-state index in [4.69, 9.17) is 9.47 Å². The average Bonchev–Trinajstić information content (AvgIpc) is 4.06. The van der Waals surface area contributed by atoms with Crippen LogP contribution in [0.4, 0.5) is 17.1 Å². The molecule has 4 heteroatoms. The molecule has 4 nitrogen and oxygen atoms in total. The fourth-order valence-corrected chi connectivity index (χ4v) is 14.5. The number of hydrogen-bond donors (Lipinski definition) is 0. The van der Waals surface area contributed by atoms with E-state index in [9.17, 15) is 0 Å². The Morgan fingerprint density at radius 3 is 1.65 bits per heavy atom. The first-order valence-corrected chi connectivity index (χ1v) is 27.2. The normalized spacial score (nSPS) is 16.4. The van der Waals surface area contributed by atoms with E-state index in [2.05, 4.69) is 276 Å². The molecule has 3 aliphatic carbocycles. The van der Waals surface area contributed by atoms with Crippen LogP contribution in [0.2, 0.25) is 0 Å². The minimum atomic E-state index is -0.623. The van der Waals surface area contributed by atoms with Crippen molar-refractivity contribution in [1.29, 1.82) is 0 Å². The molecule has 11 aromatic carbocycles. The van der Waals surface area contributed by atoms with Crippen molar-refractivity contribution in [3.05, 3.63) is 317 Å². The molecule has 2 aliphatic heterocycles. The molecule has 78 heavy (non-hydrogen) atoms. The van der Waals surface area contributed by atoms with Crippen LogP contribution < -0.4 is 14.4 Å². The summed E-state index contributed by atoms with van der Waals surface area (Å²) in [6.45, 7) is 0. The predicted octanol–water partition coefficient (Wildman–Crippen LogP) is 18.7. The van der Waals surface area contributed by atoms with E-state index < -0.39 is 10.8 Å². The SMILES string of the molecule is C1=CC2=C(CC1)Oc1ccccc1C21c2ccccc2-c2cc(N(c3ccc(-c4ccc5c6ccccc6n(-c6ccccc6)c5c4)cc3)c3ccc4c(c3)C3(c5ccccc5Oc5ccccc53)c3ccccc3-4)ccc21. The Morgan fingerprint density at radius 2 is 0.897 bits per heavy atom. The molecule has 0 amide bonds. The van der Waals surface area contributed by atoms with E-state index in [0.717, 1.165) is 80.9 Å². The van der Waals surface area contributed by atoms with Gasteiger partial charge in [0.25, 0.3) is 0 Å². The third-order valence-corrected chi connectivity index (χ3v) is 17.6. The van der Waals surface area contributed by atoms with Crippen molar-refractivity contribution in [2.75, 3.05) is 4.90 Å². The van der Waals surface area contributed by atoms with E-state index in [1.165, 1.54) is 77.5 Å². The first-order valence-electron chi connectivity index (χ1n) is 27.2. The number of nitrogens with zero attached hydrogens (tertiary/aromatic N) is 2. The topological polar surface area (TPSA) is 26.6 Å². The Bertz CT molecular complexity index is 4530. The lowest BCUT2D eigenvalue weighted by molar-refractivity contribution is 0.364. The van der Waals surface area contributed by atoms with Crippen molar-refractivity contribution < 1.29 is 9.47 Å². The summed E-state index contributed by atoms with van der Waals surface area (Å²) in [4.78, 5) is 2.48. The highest BCUT2D eigenvalue weighted by Gasteiger charge is 2.53. The maximum atomic E-state index is 6.80. The van der Waals surface area contributed by atoms with Crippen LogP contribution in [-0.2, 0) is 10.8 Å². The quantitative estimate of drug-likeness (QED) is 0.172. The van der Waals surface area contributed by atoms with Crippen molar-refractivity contribution in [3.63, 3.8) is 0 Å². The lowest BCUT2D eigenvalue weighted by Gasteiger charge is -2.41. The van der Waals surface area contributed by atoms with Gasteiger partial charge in [-0.3, -0.25) is 0 Å². The molecule has 3 heterocycles. The third-order valence-electron chi connectivity index (χ3n) is 17.6. The molecule has 1 unspecified atom stereocenters. The van der Waals surface area contributed by atoms with Gasteiger partial charge >= 0.3 is 0 Å². The number of para-hydroxylation sites is 5. The molecular formula is C74H48N2O2. The highest BCUT2D eigenvalue weighted by atomic mass is 16.5. The van der Waals surface area contributed by atoms with Gasteiger partial charge < -0.3 is 18.9 Å². The average molecular weight is 997 g/mol. The molecule has 5 aliphatic rings. The van der Waals surface area contributed by atoms with Gasteiger partial charge in [0.05, 0.1) is 21.9 Å². The first-order chi connectivity index (χ1) is 38.7. The Labute approximate surface area is 452 Å². The van der Waals surface area contributed by atoms with Crippen molar-refractivity contribution in [2.45, 2.75) is 23.7 Å². The Morgan fingerprint density at radius 1 is 0.359 bits per heavy atom. The van der Waals surface area contributed by atoms with Crippen molar-refractivity contribution >= 4 is 38.9 Å². The lowest BCUT2D eigenvalue weighted by atomic mass is 9.64. The van der Waals surface area contributed by atoms with Crippen LogP contribution in [0.3, 0.4) is 0 Å². The van der Waals surface area contributed by atoms with Gasteiger partial charge in [0, 0.05) is 62.2 Å². The minimum absolute atomic E-state index is 0.527. The zero-order valence-corrected chi connectivity index (χ0v) is 42.5. The summed E-state index contributed by atoms with van der Waals surface area (Å²) in [6.07, 6.45) is 6.50. The van der Waals surface area contributed by atoms with Crippen molar-refractivity contribution in [3.8, 4) is 56.3 Å². The largest absolute Gasteiger partial charge is 0.461 e. The van der Waals surface area contributed by atoms with Gasteiger partial charge in [-0.25, -0.2) is 0 Å². The fourth-order valence-electron chi connectivity index (χ4n) is 14.5. The second-order valence-electron chi connectivity index (χ2n) is 21.3. The van der Waals surface area contributed by atoms with Gasteiger partial charge in [0.15, 0.2) is 0 Å². The Balaban J connectivity index is 0.885. The molecule has 1 atom stereocenters. The predicted molar refractivity (Wildman–Crippen MR) is 316 cm³/mol. The first kappa shape index (κ1) is 43.4. The standard InChI is InChI=1S/C74H48N2O2/c1-2-18-49(19-3-1)76-67-29-13-6-22-56(67)57-41-36-48(44-68(57)76)47-34-37-50(38-35-47)75(51-40-43-61-58(45-51)54-21-5-8-24-60(54)73(61)62-25-9-14-30-69(62)77-70-31-15-10-26-63(70)73)52-39-42-55-53-20-4-7-23-59(53)74(66(55)46-52)64-27-11-16-32-71(64)78-72-33-17-12-28-65(72)74/h1-14,16-30,32-46H,15,31H2. The number of benzene rings is 11. The van der Waals surface area contributed by atoms with Crippen LogP contribution in [0.25, 0.3) is 60.9 Å². The second kappa shape index (κ2) is 16.3. The van der Waals surface area contributed by atoms with Crippen LogP contribution >= 0.6 is 0 Å². The number of allylic oxidation sites excluding steroid dienone is 4. The third kappa shape index (κ3) is 5.78. The van der Waals surface area contributed by atoms with E-state index >= 15 is 0 Å². The van der Waals surface area contributed by atoms with Crippen LogP contribution in [-0.4, -0.2) is 4.57 Å². The molecule has 0 bridgehead atoms. The second-order valence-corrected chi connectivity index (χ2v) is 21.3. The Kier molecular flexibility index (Phi) is 9.06. The molecule has 17 rings (SSSR count). The molecule has 0 radical (unpaired) electrons. The lowest BCUT2D eigenvalue weighted by Crippen LogP contribution is -2.35. The van der Waals surface area contributed by atoms with Gasteiger partial charge in [0.2, 0.25) is 0 Å². The number of fused-ring (bicyclic) bond motifs is 20. The smallest absolute Gasteiger partial charge is 0.132 e. The molecule has 2 spiro atoms. The maximum absolute atomic E-state index is 6.80. The summed E-state index contributed by atoms with van der Waals surface area (Å²) in [7, 11) is 0. The molecule has 0 fully saturated rings. The number of rotatable bonds is 5. The zero-order valence-electron chi connectivity index (χ0n) is 42.5. The fraction of sp³-hybridized carbons (Fsp3) is 0.0541. The van der Waals surface area contributed by atoms with Gasteiger partial charge in [0.1, 0.15) is 23.0 Å². The molecule has 1 aromatic heterocycles. The van der Waals surface area contributed by atoms with E-state index in [0.29, 0.717) is 0 Å². The minimum Gasteiger partial charge on any atom is -0.461 e. The van der Waals surface area contributed by atoms with Gasteiger partial charge in [-0.15, -0.1) is 0 Å². The summed E-state index contributed by atoms with van der Waals surface area (Å²) in [6, 6.07) is 94.0. The van der Waals surface area contributed by atoms with E-state index in [1.54, 1.807) is 0 Å². The van der Waals surface area contributed by atoms with Gasteiger partial charge in [-0.2, -0.15) is 0 Å². The zero-order chi connectivity index (χ0) is 51.1. The molecule has 12 aromatic rings. The van der Waals surface area contributed by atoms with Crippen molar-refractivity contribution in [2.24, 2.45) is 0 Å². The number of hydrogen-bond acceptors (Lipinski definition) is 3.